The monoisotopic (exact) mass is 611 g/mol. The van der Waals surface area contributed by atoms with Crippen LogP contribution in [0.15, 0.2) is 41.5 Å². The van der Waals surface area contributed by atoms with E-state index in [9.17, 15) is 29.7 Å². The third-order valence-electron chi connectivity index (χ3n) is 11.9. The fourth-order valence-corrected chi connectivity index (χ4v) is 9.38. The van der Waals surface area contributed by atoms with Crippen LogP contribution in [0.25, 0.3) is 0 Å². The molecule has 2 saturated carbocycles. The molecule has 1 heterocycles. The molecule has 0 spiro atoms. The maximum absolute atomic E-state index is 14.4. The summed E-state index contributed by atoms with van der Waals surface area (Å²) in [6.45, 7) is 11.4. The zero-order chi connectivity index (χ0) is 32.4. The molecule has 11 atom stereocenters. The average molecular weight is 612 g/mol. The normalized spacial score (nSPS) is 40.7. The van der Waals surface area contributed by atoms with Crippen LogP contribution in [0.1, 0.15) is 66.0 Å². The minimum atomic E-state index is -1.63. The Balaban J connectivity index is 1.57. The lowest BCUT2D eigenvalue weighted by atomic mass is 9.40. The second kappa shape index (κ2) is 11.4. The topological polar surface area (TPSA) is 152 Å². The quantitative estimate of drug-likeness (QED) is 0.148. The molecular formula is C33H46BNO9. The van der Waals surface area contributed by atoms with E-state index in [0.29, 0.717) is 23.9 Å². The number of benzene rings is 1. The number of aliphatic hydroxyl groups excluding tert-OH is 2. The lowest BCUT2D eigenvalue weighted by Crippen LogP contribution is -2.75. The molecule has 240 valence electrons. The Morgan fingerprint density at radius 1 is 1.18 bits per heavy atom. The van der Waals surface area contributed by atoms with Crippen molar-refractivity contribution in [1.29, 1.82) is 0 Å². The van der Waals surface area contributed by atoms with Gasteiger partial charge in [-0.25, -0.2) is 4.79 Å². The summed E-state index contributed by atoms with van der Waals surface area (Å²) in [4.78, 5) is 39.4. The van der Waals surface area contributed by atoms with E-state index < -0.39 is 75.9 Å². The van der Waals surface area contributed by atoms with Gasteiger partial charge in [0, 0.05) is 30.8 Å². The van der Waals surface area contributed by atoms with Gasteiger partial charge in [-0.05, 0) is 42.4 Å². The highest BCUT2D eigenvalue weighted by Crippen LogP contribution is 2.66. The zero-order valence-corrected chi connectivity index (χ0v) is 26.7. The van der Waals surface area contributed by atoms with Crippen LogP contribution < -0.4 is 5.23 Å². The molecule has 0 amide bonds. The van der Waals surface area contributed by atoms with E-state index in [1.807, 2.05) is 58.0 Å². The lowest BCUT2D eigenvalue weighted by molar-refractivity contribution is -0.302. The van der Waals surface area contributed by atoms with Crippen LogP contribution in [-0.4, -0.2) is 90.5 Å². The van der Waals surface area contributed by atoms with Gasteiger partial charge >= 0.3 is 5.97 Å². The number of rotatable bonds is 8. The Morgan fingerprint density at radius 2 is 1.84 bits per heavy atom. The Labute approximate surface area is 259 Å². The number of ether oxygens (including phenoxy) is 3. The number of carbonyl (C=O) groups is 3. The molecule has 1 aliphatic heterocycles. The summed E-state index contributed by atoms with van der Waals surface area (Å²) in [6, 6.07) is 8.40. The summed E-state index contributed by atoms with van der Waals surface area (Å²) in [7, 11) is 1.36. The third kappa shape index (κ3) is 4.57. The molecule has 1 aromatic rings. The lowest BCUT2D eigenvalue weighted by Gasteiger charge is -2.68. The minimum absolute atomic E-state index is 0.0155. The summed E-state index contributed by atoms with van der Waals surface area (Å²) in [6.07, 6.45) is -4.10. The highest BCUT2D eigenvalue weighted by Gasteiger charge is 2.72. The number of carbonyl (C=O) groups excluding carboxylic acids is 3. The van der Waals surface area contributed by atoms with E-state index in [2.05, 4.69) is 5.23 Å². The fraction of sp³-hybridized carbons (Fsp3) is 0.667. The average Bonchev–Trinajstić information content (AvgIpc) is 2.98. The Hall–Kier alpha value is -2.41. The van der Waals surface area contributed by atoms with Crippen molar-refractivity contribution < 1.29 is 43.9 Å². The summed E-state index contributed by atoms with van der Waals surface area (Å²) in [5, 5.41) is 39.1. The molecule has 0 unspecified atom stereocenters. The van der Waals surface area contributed by atoms with E-state index in [4.69, 9.17) is 14.2 Å². The number of fused-ring (bicyclic) bond motifs is 5. The van der Waals surface area contributed by atoms with Gasteiger partial charge in [0.15, 0.2) is 11.9 Å². The van der Waals surface area contributed by atoms with Crippen molar-refractivity contribution in [2.24, 2.45) is 28.1 Å². The summed E-state index contributed by atoms with van der Waals surface area (Å²) < 4.78 is 17.6. The first-order chi connectivity index (χ1) is 20.6. The van der Waals surface area contributed by atoms with Gasteiger partial charge in [-0.15, -0.1) is 0 Å². The molecule has 0 aromatic heterocycles. The van der Waals surface area contributed by atoms with Crippen LogP contribution in [0.4, 0.5) is 0 Å². The first-order valence-corrected chi connectivity index (χ1v) is 15.5. The molecule has 44 heavy (non-hydrogen) atoms. The van der Waals surface area contributed by atoms with Crippen molar-refractivity contribution in [3.05, 3.63) is 47.0 Å². The molecule has 3 aliphatic carbocycles. The van der Waals surface area contributed by atoms with E-state index in [1.54, 1.807) is 13.8 Å². The zero-order valence-electron chi connectivity index (χ0n) is 26.7. The molecule has 2 bridgehead atoms. The number of nitrogens with one attached hydrogen (secondary N) is 1. The summed E-state index contributed by atoms with van der Waals surface area (Å²) in [5.41, 5.74) is -2.96. The standard InChI is InChI=1S/C33H46BNO9/c1-17-20(44-29(40)26(42-7)24(35-34-16-36)19-11-9-8-10-12-19)14-33(41)18(2)27-31(5)15-43-22(31)13-21(37)32(27,6)28(39)25(38)23(17)30(33,3)4/h8-12,16,18,20-22,24-27,34-35,37-38,41H,13-15H2,1-7H3/t18-,20-,21-,22+,24-,25+,26+,27+,31+,32+,33+/m0/s1. The van der Waals surface area contributed by atoms with E-state index in [0.717, 1.165) is 5.56 Å². The van der Waals surface area contributed by atoms with Crippen LogP contribution in [0, 0.1) is 28.1 Å². The van der Waals surface area contributed by atoms with Crippen molar-refractivity contribution in [3.8, 4) is 0 Å². The van der Waals surface area contributed by atoms with Gasteiger partial charge in [-0.2, -0.15) is 0 Å². The van der Waals surface area contributed by atoms with E-state index >= 15 is 0 Å². The molecule has 4 aliphatic rings. The maximum atomic E-state index is 14.4. The van der Waals surface area contributed by atoms with Gasteiger partial charge in [0.1, 0.15) is 12.2 Å². The Bertz CT molecular complexity index is 1340. The van der Waals surface area contributed by atoms with Gasteiger partial charge in [0.05, 0.1) is 42.1 Å². The first-order valence-electron chi connectivity index (χ1n) is 15.5. The number of ketones is 1. The molecule has 1 saturated heterocycles. The molecule has 4 N–H and O–H groups in total. The van der Waals surface area contributed by atoms with Crippen LogP contribution in [0.2, 0.25) is 0 Å². The van der Waals surface area contributed by atoms with Crippen molar-refractivity contribution >= 4 is 25.4 Å². The third-order valence-corrected chi connectivity index (χ3v) is 11.9. The van der Waals surface area contributed by atoms with Crippen LogP contribution >= 0.6 is 0 Å². The smallest absolute Gasteiger partial charge is 0.337 e. The number of Topliss-reactive ketones (excluding diaryl/α,β-unsaturated/α-hetero) is 1. The molecule has 0 radical (unpaired) electrons. The molecule has 1 aromatic carbocycles. The van der Waals surface area contributed by atoms with Gasteiger partial charge in [-0.1, -0.05) is 58.0 Å². The van der Waals surface area contributed by atoms with Crippen molar-refractivity contribution in [1.82, 2.24) is 5.23 Å². The molecule has 5 rings (SSSR count). The number of esters is 1. The maximum Gasteiger partial charge on any atom is 0.337 e. The predicted molar refractivity (Wildman–Crippen MR) is 163 cm³/mol. The predicted octanol–water partition coefficient (Wildman–Crippen LogP) is 1.64. The molecular weight excluding hydrogens is 565 g/mol. The fourth-order valence-electron chi connectivity index (χ4n) is 9.38. The van der Waals surface area contributed by atoms with Crippen LogP contribution in [0.3, 0.4) is 0 Å². The van der Waals surface area contributed by atoms with Gasteiger partial charge in [0.25, 0.3) is 7.41 Å². The van der Waals surface area contributed by atoms with Gasteiger partial charge in [-0.3, -0.25) is 4.79 Å². The number of methoxy groups -OCH3 is 1. The van der Waals surface area contributed by atoms with Crippen LogP contribution in [-0.2, 0) is 28.6 Å². The second-order valence-electron chi connectivity index (χ2n) is 14.3. The highest BCUT2D eigenvalue weighted by atomic mass is 16.6. The van der Waals surface area contributed by atoms with Crippen molar-refractivity contribution in [3.63, 3.8) is 0 Å². The number of hydrogen-bond acceptors (Lipinski definition) is 10. The van der Waals surface area contributed by atoms with Crippen molar-refractivity contribution in [2.45, 2.75) is 96.5 Å². The van der Waals surface area contributed by atoms with Gasteiger partial charge < -0.3 is 39.6 Å². The SMILES string of the molecule is CO[C@@H](C(=O)O[C@H]1C[C@@]2(O)[C@@H](C)[C@@H]3[C@]4(C)CO[C@@H]4C[C@H](O)[C@@]3(C)C(=O)[C@H](O)C(=C1C)C2(C)C)[C@@H](NBC=O)c1ccccc1. The van der Waals surface area contributed by atoms with Crippen molar-refractivity contribution in [2.75, 3.05) is 13.7 Å². The number of hydrogen-bond donors (Lipinski definition) is 4. The highest BCUT2D eigenvalue weighted by molar-refractivity contribution is 6.64. The van der Waals surface area contributed by atoms with E-state index in [1.165, 1.54) is 7.11 Å². The Morgan fingerprint density at radius 3 is 2.41 bits per heavy atom. The van der Waals surface area contributed by atoms with Crippen LogP contribution in [0.5, 0.6) is 0 Å². The first kappa shape index (κ1) is 33.0. The van der Waals surface area contributed by atoms with Gasteiger partial charge in [0.2, 0.25) is 0 Å². The minimum Gasteiger partial charge on any atom is -0.456 e. The number of aliphatic hydroxyl groups is 3. The van der Waals surface area contributed by atoms with E-state index in [-0.39, 0.29) is 26.4 Å². The second-order valence-corrected chi connectivity index (χ2v) is 14.3. The summed E-state index contributed by atoms with van der Waals surface area (Å²) in [5.74, 6) is -2.30. The molecule has 11 heteroatoms. The molecule has 10 nitrogen and oxygen atoms in total. The largest absolute Gasteiger partial charge is 0.456 e. The Kier molecular flexibility index (Phi) is 8.57. The molecule has 3 fully saturated rings. The summed E-state index contributed by atoms with van der Waals surface area (Å²) >= 11 is 0.